The lowest BCUT2D eigenvalue weighted by molar-refractivity contribution is -0.385. The number of nitrogens with two attached hydrogens (primary N) is 1. The maximum Gasteiger partial charge on any atom is 0.274 e. The van der Waals surface area contributed by atoms with Gasteiger partial charge in [-0.2, -0.15) is 0 Å². The molecule has 4 nitrogen and oxygen atoms in total. The topological polar surface area (TPSA) is 69.2 Å². The predicted molar refractivity (Wildman–Crippen MR) is 71.7 cm³/mol. The Balaban J connectivity index is 0.00000256. The van der Waals surface area contributed by atoms with E-state index in [2.05, 4.69) is 0 Å². The molecule has 1 rings (SSSR count). The minimum absolute atomic E-state index is 0. The third kappa shape index (κ3) is 4.50. The van der Waals surface area contributed by atoms with Crippen LogP contribution in [0.3, 0.4) is 0 Å². The first-order valence-electron chi connectivity index (χ1n) is 5.11. The number of benzene rings is 1. The van der Waals surface area contributed by atoms with Gasteiger partial charge in [0, 0.05) is 22.7 Å². The van der Waals surface area contributed by atoms with Crippen LogP contribution in [0, 0.1) is 16.0 Å². The average Bonchev–Trinajstić information content (AvgIpc) is 2.15. The van der Waals surface area contributed by atoms with E-state index in [0.29, 0.717) is 22.9 Å². The zero-order valence-corrected chi connectivity index (χ0v) is 11.3. The molecule has 0 saturated carbocycles. The van der Waals surface area contributed by atoms with Crippen molar-refractivity contribution in [2.75, 3.05) is 0 Å². The number of nitro benzene ring substituents is 1. The molecule has 1 atom stereocenters. The minimum Gasteiger partial charge on any atom is -0.324 e. The summed E-state index contributed by atoms with van der Waals surface area (Å²) in [7, 11) is 0. The van der Waals surface area contributed by atoms with E-state index in [0.717, 1.165) is 0 Å². The second-order valence-electron chi connectivity index (χ2n) is 4.20. The zero-order chi connectivity index (χ0) is 12.3. The van der Waals surface area contributed by atoms with Gasteiger partial charge in [0.2, 0.25) is 0 Å². The van der Waals surface area contributed by atoms with Crippen LogP contribution < -0.4 is 5.73 Å². The molecule has 0 saturated heterocycles. The summed E-state index contributed by atoms with van der Waals surface area (Å²) in [6.07, 6.45) is 0.696. The summed E-state index contributed by atoms with van der Waals surface area (Å²) < 4.78 is 0. The van der Waals surface area contributed by atoms with Crippen molar-refractivity contribution in [1.29, 1.82) is 0 Å². The summed E-state index contributed by atoms with van der Waals surface area (Å²) in [6.45, 7) is 4.05. The molecule has 0 aliphatic carbocycles. The van der Waals surface area contributed by atoms with Gasteiger partial charge >= 0.3 is 0 Å². The molecule has 1 aromatic rings. The summed E-state index contributed by atoms with van der Waals surface area (Å²) in [5, 5.41) is 11.3. The molecule has 0 heterocycles. The Kier molecular flexibility index (Phi) is 6.45. The SMILES string of the molecule is CC(C)C[C@@H](N)c1cc(Cl)ccc1[N+](=O)[O-].Cl. The smallest absolute Gasteiger partial charge is 0.274 e. The summed E-state index contributed by atoms with van der Waals surface area (Å²) >= 11 is 5.82. The van der Waals surface area contributed by atoms with Crippen molar-refractivity contribution in [3.8, 4) is 0 Å². The maximum atomic E-state index is 10.8. The standard InChI is InChI=1S/C11H15ClN2O2.ClH/c1-7(2)5-10(13)9-6-8(12)3-4-11(9)14(15)16;/h3-4,6-7,10H,5,13H2,1-2H3;1H/t10-;/m1./s1. The molecule has 0 radical (unpaired) electrons. The van der Waals surface area contributed by atoms with Gasteiger partial charge in [-0.1, -0.05) is 25.4 Å². The van der Waals surface area contributed by atoms with Crippen LogP contribution >= 0.6 is 24.0 Å². The van der Waals surface area contributed by atoms with E-state index >= 15 is 0 Å². The Morgan fingerprint density at radius 2 is 2.06 bits per heavy atom. The molecule has 96 valence electrons. The van der Waals surface area contributed by atoms with Crippen LogP contribution in [0.2, 0.25) is 5.02 Å². The van der Waals surface area contributed by atoms with Crippen LogP contribution in [0.4, 0.5) is 5.69 Å². The molecule has 1 aromatic carbocycles. The summed E-state index contributed by atoms with van der Waals surface area (Å²) in [5.74, 6) is 0.383. The molecule has 0 bridgehead atoms. The van der Waals surface area contributed by atoms with Gasteiger partial charge in [0.1, 0.15) is 0 Å². The van der Waals surface area contributed by atoms with Crippen molar-refractivity contribution in [3.05, 3.63) is 38.9 Å². The van der Waals surface area contributed by atoms with E-state index in [4.69, 9.17) is 17.3 Å². The van der Waals surface area contributed by atoms with Crippen molar-refractivity contribution in [2.45, 2.75) is 26.3 Å². The molecule has 0 spiro atoms. The molecule has 0 amide bonds. The fourth-order valence-electron chi connectivity index (χ4n) is 1.62. The number of halogens is 2. The first-order chi connectivity index (χ1) is 7.41. The lowest BCUT2D eigenvalue weighted by Crippen LogP contribution is -2.14. The number of hydrogen-bond acceptors (Lipinski definition) is 3. The van der Waals surface area contributed by atoms with Gasteiger partial charge in [-0.05, 0) is 24.5 Å². The third-order valence-electron chi connectivity index (χ3n) is 2.31. The van der Waals surface area contributed by atoms with Gasteiger partial charge in [-0.15, -0.1) is 12.4 Å². The Morgan fingerprint density at radius 1 is 1.47 bits per heavy atom. The second kappa shape index (κ2) is 6.79. The molecule has 0 fully saturated rings. The largest absolute Gasteiger partial charge is 0.324 e. The van der Waals surface area contributed by atoms with Gasteiger partial charge in [0.15, 0.2) is 0 Å². The fraction of sp³-hybridized carbons (Fsp3) is 0.455. The Hall–Kier alpha value is -0.840. The minimum atomic E-state index is -0.425. The first kappa shape index (κ1) is 16.2. The summed E-state index contributed by atoms with van der Waals surface area (Å²) in [5.41, 5.74) is 6.49. The zero-order valence-electron chi connectivity index (χ0n) is 9.72. The van der Waals surface area contributed by atoms with E-state index in [1.165, 1.54) is 12.1 Å². The Labute approximate surface area is 112 Å². The van der Waals surface area contributed by atoms with Crippen molar-refractivity contribution in [3.63, 3.8) is 0 Å². The summed E-state index contributed by atoms with van der Waals surface area (Å²) in [6, 6.07) is 4.13. The Morgan fingerprint density at radius 3 is 2.53 bits per heavy atom. The van der Waals surface area contributed by atoms with Gasteiger partial charge in [-0.3, -0.25) is 10.1 Å². The van der Waals surface area contributed by atoms with Crippen molar-refractivity contribution in [2.24, 2.45) is 11.7 Å². The molecule has 17 heavy (non-hydrogen) atoms. The molecule has 0 unspecified atom stereocenters. The van der Waals surface area contributed by atoms with E-state index < -0.39 is 4.92 Å². The molecule has 0 aromatic heterocycles. The van der Waals surface area contributed by atoms with E-state index in [1.807, 2.05) is 13.8 Å². The average molecular weight is 279 g/mol. The van der Waals surface area contributed by atoms with Crippen LogP contribution in [-0.4, -0.2) is 4.92 Å². The van der Waals surface area contributed by atoms with E-state index in [-0.39, 0.29) is 24.1 Å². The van der Waals surface area contributed by atoms with Gasteiger partial charge in [0.05, 0.1) is 4.92 Å². The lowest BCUT2D eigenvalue weighted by Gasteiger charge is -2.14. The molecule has 0 aliphatic rings. The highest BCUT2D eigenvalue weighted by Gasteiger charge is 2.20. The molecular formula is C11H16Cl2N2O2. The summed E-state index contributed by atoms with van der Waals surface area (Å²) in [4.78, 5) is 10.4. The van der Waals surface area contributed by atoms with Crippen LogP contribution in [0.25, 0.3) is 0 Å². The van der Waals surface area contributed by atoms with Gasteiger partial charge in [-0.25, -0.2) is 0 Å². The number of rotatable bonds is 4. The van der Waals surface area contributed by atoms with Crippen LogP contribution in [-0.2, 0) is 0 Å². The fourth-order valence-corrected chi connectivity index (χ4v) is 1.80. The number of nitro groups is 1. The van der Waals surface area contributed by atoms with Crippen LogP contribution in [0.5, 0.6) is 0 Å². The van der Waals surface area contributed by atoms with Crippen molar-refractivity contribution >= 4 is 29.7 Å². The second-order valence-corrected chi connectivity index (χ2v) is 4.63. The lowest BCUT2D eigenvalue weighted by atomic mass is 9.96. The van der Waals surface area contributed by atoms with E-state index in [1.54, 1.807) is 6.07 Å². The maximum absolute atomic E-state index is 10.8. The van der Waals surface area contributed by atoms with Gasteiger partial charge < -0.3 is 5.73 Å². The molecule has 0 aliphatic heterocycles. The predicted octanol–water partition coefficient (Wildman–Crippen LogP) is 3.72. The molecule has 2 N–H and O–H groups in total. The highest BCUT2D eigenvalue weighted by atomic mass is 35.5. The quantitative estimate of drug-likeness (QED) is 0.674. The highest BCUT2D eigenvalue weighted by Crippen LogP contribution is 2.30. The molecule has 6 heteroatoms. The van der Waals surface area contributed by atoms with Crippen LogP contribution in [0.1, 0.15) is 31.9 Å². The van der Waals surface area contributed by atoms with Crippen molar-refractivity contribution < 1.29 is 4.92 Å². The normalized spacial score (nSPS) is 12.1. The number of hydrogen-bond donors (Lipinski definition) is 1. The number of nitrogens with zero attached hydrogens (tertiary/aromatic N) is 1. The molecular weight excluding hydrogens is 263 g/mol. The highest BCUT2D eigenvalue weighted by molar-refractivity contribution is 6.30. The van der Waals surface area contributed by atoms with Crippen LogP contribution in [0.15, 0.2) is 18.2 Å². The monoisotopic (exact) mass is 278 g/mol. The van der Waals surface area contributed by atoms with Crippen molar-refractivity contribution in [1.82, 2.24) is 0 Å². The van der Waals surface area contributed by atoms with Gasteiger partial charge in [0.25, 0.3) is 5.69 Å². The van der Waals surface area contributed by atoms with E-state index in [9.17, 15) is 10.1 Å². The first-order valence-corrected chi connectivity index (χ1v) is 5.49. The third-order valence-corrected chi connectivity index (χ3v) is 2.55. The Bertz CT molecular complexity index is 397.